The molecule has 2 heterocycles. The standard InChI is InChI=1S/C10H8N4O2/c15-14(16)9-5-3-7-12-13-10(9)8-4-1-2-6-11-8/h1-7,12H. The van der Waals surface area contributed by atoms with Crippen LogP contribution in [0.4, 0.5) is 0 Å². The van der Waals surface area contributed by atoms with Crippen LogP contribution in [-0.2, 0) is 0 Å². The molecular formula is C10H8N4O2. The van der Waals surface area contributed by atoms with Gasteiger partial charge in [0.1, 0.15) is 0 Å². The molecule has 1 aliphatic rings. The van der Waals surface area contributed by atoms with Gasteiger partial charge in [0.25, 0.3) is 5.70 Å². The van der Waals surface area contributed by atoms with Crippen molar-refractivity contribution in [2.75, 3.05) is 0 Å². The SMILES string of the molecule is O=[N+]([O-])C1=CC=CNN=C1c1ccccn1. The summed E-state index contributed by atoms with van der Waals surface area (Å²) in [7, 11) is 0. The minimum Gasteiger partial charge on any atom is -0.285 e. The minimum atomic E-state index is -0.481. The molecule has 0 unspecified atom stereocenters. The third-order valence-electron chi connectivity index (χ3n) is 1.95. The summed E-state index contributed by atoms with van der Waals surface area (Å²) in [5.41, 5.74) is 3.19. The van der Waals surface area contributed by atoms with Crippen LogP contribution in [0, 0.1) is 10.1 Å². The van der Waals surface area contributed by atoms with Crippen molar-refractivity contribution in [1.29, 1.82) is 0 Å². The van der Waals surface area contributed by atoms with Crippen molar-refractivity contribution in [3.05, 3.63) is 64.3 Å². The van der Waals surface area contributed by atoms with Gasteiger partial charge in [-0.05, 0) is 18.2 Å². The molecule has 0 spiro atoms. The van der Waals surface area contributed by atoms with E-state index in [0.717, 1.165) is 0 Å². The Hall–Kier alpha value is -2.50. The number of nitrogens with one attached hydrogen (secondary N) is 1. The highest BCUT2D eigenvalue weighted by Crippen LogP contribution is 2.09. The van der Waals surface area contributed by atoms with Gasteiger partial charge >= 0.3 is 0 Å². The normalized spacial score (nSPS) is 14.5. The lowest BCUT2D eigenvalue weighted by Gasteiger charge is -2.01. The smallest absolute Gasteiger partial charge is 0.285 e. The number of pyridine rings is 1. The maximum Gasteiger partial charge on any atom is 0.298 e. The average Bonchev–Trinajstić information content (AvgIpc) is 2.55. The van der Waals surface area contributed by atoms with Gasteiger partial charge in [0.05, 0.1) is 10.6 Å². The van der Waals surface area contributed by atoms with E-state index >= 15 is 0 Å². The van der Waals surface area contributed by atoms with Crippen LogP contribution in [0.1, 0.15) is 5.69 Å². The Labute approximate surface area is 91.2 Å². The molecule has 6 nitrogen and oxygen atoms in total. The number of hydrogen-bond donors (Lipinski definition) is 1. The summed E-state index contributed by atoms with van der Waals surface area (Å²) in [6.07, 6.45) is 5.98. The summed E-state index contributed by atoms with van der Waals surface area (Å²) in [6.45, 7) is 0. The molecule has 0 radical (unpaired) electrons. The Morgan fingerprint density at radius 2 is 2.25 bits per heavy atom. The molecule has 80 valence electrons. The Morgan fingerprint density at radius 3 is 2.94 bits per heavy atom. The first-order valence-corrected chi connectivity index (χ1v) is 4.55. The number of allylic oxidation sites excluding steroid dienone is 3. The zero-order chi connectivity index (χ0) is 11.4. The summed E-state index contributed by atoms with van der Waals surface area (Å²) >= 11 is 0. The number of rotatable bonds is 2. The fourth-order valence-electron chi connectivity index (χ4n) is 1.26. The summed E-state index contributed by atoms with van der Waals surface area (Å²) in [5.74, 6) is 0. The number of hydrazone groups is 1. The molecule has 0 fully saturated rings. The fraction of sp³-hybridized carbons (Fsp3) is 0. The van der Waals surface area contributed by atoms with Crippen molar-refractivity contribution in [1.82, 2.24) is 10.4 Å². The Bertz CT molecular complexity index is 491. The molecule has 6 heteroatoms. The van der Waals surface area contributed by atoms with Crippen LogP contribution in [0.5, 0.6) is 0 Å². The highest BCUT2D eigenvalue weighted by molar-refractivity contribution is 6.09. The van der Waals surface area contributed by atoms with E-state index in [0.29, 0.717) is 5.69 Å². The van der Waals surface area contributed by atoms with E-state index in [1.165, 1.54) is 18.4 Å². The van der Waals surface area contributed by atoms with Gasteiger partial charge in [-0.25, -0.2) is 0 Å². The van der Waals surface area contributed by atoms with Crippen LogP contribution >= 0.6 is 0 Å². The van der Waals surface area contributed by atoms with E-state index < -0.39 is 4.92 Å². The van der Waals surface area contributed by atoms with Gasteiger partial charge in [-0.1, -0.05) is 6.07 Å². The zero-order valence-electron chi connectivity index (χ0n) is 8.20. The molecule has 0 aromatic carbocycles. The lowest BCUT2D eigenvalue weighted by molar-refractivity contribution is -0.414. The first kappa shape index (κ1) is 10.0. The molecule has 0 saturated heterocycles. The largest absolute Gasteiger partial charge is 0.298 e. The third-order valence-corrected chi connectivity index (χ3v) is 1.95. The van der Waals surface area contributed by atoms with Gasteiger partial charge in [-0.2, -0.15) is 5.10 Å². The van der Waals surface area contributed by atoms with Crippen molar-refractivity contribution < 1.29 is 4.92 Å². The van der Waals surface area contributed by atoms with E-state index in [2.05, 4.69) is 15.5 Å². The Balaban J connectivity index is 2.47. The Morgan fingerprint density at radius 1 is 1.38 bits per heavy atom. The van der Waals surface area contributed by atoms with Crippen LogP contribution in [-0.4, -0.2) is 15.6 Å². The predicted molar refractivity (Wildman–Crippen MR) is 58.1 cm³/mol. The maximum atomic E-state index is 10.9. The molecule has 0 bridgehead atoms. The van der Waals surface area contributed by atoms with Crippen molar-refractivity contribution in [2.24, 2.45) is 5.10 Å². The van der Waals surface area contributed by atoms with Crippen molar-refractivity contribution in [3.8, 4) is 0 Å². The molecule has 1 N–H and O–H groups in total. The van der Waals surface area contributed by atoms with E-state index in [1.807, 2.05) is 0 Å². The maximum absolute atomic E-state index is 10.9. The summed E-state index contributed by atoms with van der Waals surface area (Å²) in [6, 6.07) is 5.16. The van der Waals surface area contributed by atoms with E-state index in [1.54, 1.807) is 24.4 Å². The third kappa shape index (κ3) is 1.95. The van der Waals surface area contributed by atoms with Gasteiger partial charge in [-0.3, -0.25) is 20.5 Å². The lowest BCUT2D eigenvalue weighted by Crippen LogP contribution is -2.15. The summed E-state index contributed by atoms with van der Waals surface area (Å²) < 4.78 is 0. The highest BCUT2D eigenvalue weighted by Gasteiger charge is 2.22. The quantitative estimate of drug-likeness (QED) is 0.592. The van der Waals surface area contributed by atoms with E-state index in [4.69, 9.17) is 0 Å². The molecule has 0 aliphatic carbocycles. The predicted octanol–water partition coefficient (Wildman–Crippen LogP) is 1.06. The molecular weight excluding hydrogens is 208 g/mol. The van der Waals surface area contributed by atoms with Crippen LogP contribution < -0.4 is 5.43 Å². The summed E-state index contributed by atoms with van der Waals surface area (Å²) in [4.78, 5) is 14.4. The molecule has 16 heavy (non-hydrogen) atoms. The second-order valence-corrected chi connectivity index (χ2v) is 2.97. The van der Waals surface area contributed by atoms with Crippen molar-refractivity contribution in [2.45, 2.75) is 0 Å². The number of nitro groups is 1. The van der Waals surface area contributed by atoms with Crippen LogP contribution in [0.3, 0.4) is 0 Å². The zero-order valence-corrected chi connectivity index (χ0v) is 8.20. The molecule has 2 rings (SSSR count). The van der Waals surface area contributed by atoms with Crippen LogP contribution in [0.2, 0.25) is 0 Å². The van der Waals surface area contributed by atoms with E-state index in [-0.39, 0.29) is 11.4 Å². The molecule has 1 aromatic rings. The fourth-order valence-corrected chi connectivity index (χ4v) is 1.26. The van der Waals surface area contributed by atoms with Gasteiger partial charge in [0, 0.05) is 18.5 Å². The second kappa shape index (κ2) is 4.35. The second-order valence-electron chi connectivity index (χ2n) is 2.97. The van der Waals surface area contributed by atoms with Crippen molar-refractivity contribution >= 4 is 5.71 Å². The Kier molecular flexibility index (Phi) is 2.73. The first-order chi connectivity index (χ1) is 7.79. The molecule has 0 saturated carbocycles. The van der Waals surface area contributed by atoms with Gasteiger partial charge in [0.2, 0.25) is 0 Å². The molecule has 1 aromatic heterocycles. The molecule has 0 amide bonds. The first-order valence-electron chi connectivity index (χ1n) is 4.55. The molecule has 0 atom stereocenters. The minimum absolute atomic E-state index is 0.0834. The van der Waals surface area contributed by atoms with Crippen LogP contribution in [0.25, 0.3) is 0 Å². The highest BCUT2D eigenvalue weighted by atomic mass is 16.6. The summed E-state index contributed by atoms with van der Waals surface area (Å²) in [5, 5.41) is 14.8. The number of nitrogens with zero attached hydrogens (tertiary/aromatic N) is 3. The topological polar surface area (TPSA) is 80.4 Å². The monoisotopic (exact) mass is 216 g/mol. The van der Waals surface area contributed by atoms with Gasteiger partial charge < -0.3 is 0 Å². The van der Waals surface area contributed by atoms with E-state index in [9.17, 15) is 10.1 Å². The van der Waals surface area contributed by atoms with Gasteiger partial charge in [-0.15, -0.1) is 0 Å². The van der Waals surface area contributed by atoms with Gasteiger partial charge in [0.15, 0.2) is 5.71 Å². The molecule has 1 aliphatic heterocycles. The lowest BCUT2D eigenvalue weighted by atomic mass is 10.2. The number of aromatic nitrogens is 1. The average molecular weight is 216 g/mol. The number of hydrogen-bond acceptors (Lipinski definition) is 5. The van der Waals surface area contributed by atoms with Crippen molar-refractivity contribution in [3.63, 3.8) is 0 Å². The van der Waals surface area contributed by atoms with Crippen LogP contribution in [0.15, 0.2) is 53.5 Å².